The van der Waals surface area contributed by atoms with Crippen molar-refractivity contribution in [2.45, 2.75) is 39.0 Å². The third kappa shape index (κ3) is 5.91. The highest BCUT2D eigenvalue weighted by atomic mass is 16.5. The fraction of sp³-hybridized carbons (Fsp3) is 0.421. The monoisotopic (exact) mass is 360 g/mol. The van der Waals surface area contributed by atoms with Gasteiger partial charge in [-0.3, -0.25) is 4.79 Å². The number of hydrogen-bond donors (Lipinski definition) is 1. The molecular formula is C19H22NO6-. The smallest absolute Gasteiger partial charge is 0.336 e. The van der Waals surface area contributed by atoms with Gasteiger partial charge in [0.15, 0.2) is 6.61 Å². The van der Waals surface area contributed by atoms with Crippen LogP contribution in [-0.2, 0) is 16.0 Å². The van der Waals surface area contributed by atoms with Gasteiger partial charge in [-0.15, -0.1) is 0 Å². The molecule has 0 radical (unpaired) electrons. The summed E-state index contributed by atoms with van der Waals surface area (Å²) < 4.78 is 10.6. The van der Waals surface area contributed by atoms with Gasteiger partial charge in [-0.2, -0.15) is 0 Å². The molecule has 0 unspecified atom stereocenters. The molecule has 1 N–H and O–H groups in total. The molecule has 0 atom stereocenters. The number of carboxylic acid groups (broad SMARTS) is 1. The Morgan fingerprint density at radius 2 is 2.00 bits per heavy atom. The number of ether oxygens (including phenoxy) is 1. The first-order valence-electron chi connectivity index (χ1n) is 8.65. The number of benzene rings is 1. The standard InChI is InChI=1S/C19H23NO6/c1-2-13-10-19(24)26-16-11-14(7-8-15(13)16)25-12-17(21)20-9-5-3-4-6-18(22)23/h7-8,10-11H,2-6,9,12H2,1H3,(H,20,21)(H,22,23)/p-1. The van der Waals surface area contributed by atoms with Gasteiger partial charge < -0.3 is 24.4 Å². The summed E-state index contributed by atoms with van der Waals surface area (Å²) in [5.74, 6) is -0.883. The Hall–Kier alpha value is -2.83. The topological polar surface area (TPSA) is 109 Å². The number of carboxylic acids is 1. The summed E-state index contributed by atoms with van der Waals surface area (Å²) in [6, 6.07) is 6.61. The lowest BCUT2D eigenvalue weighted by molar-refractivity contribution is -0.305. The lowest BCUT2D eigenvalue weighted by atomic mass is 10.1. The maximum atomic E-state index is 11.8. The van der Waals surface area contributed by atoms with Gasteiger partial charge in [0.05, 0.1) is 0 Å². The van der Waals surface area contributed by atoms with E-state index in [1.165, 1.54) is 6.07 Å². The normalized spacial score (nSPS) is 10.7. The van der Waals surface area contributed by atoms with E-state index in [-0.39, 0.29) is 18.9 Å². The van der Waals surface area contributed by atoms with Crippen LogP contribution < -0.4 is 20.8 Å². The molecule has 7 heteroatoms. The lowest BCUT2D eigenvalue weighted by Crippen LogP contribution is -2.29. The van der Waals surface area contributed by atoms with Gasteiger partial charge >= 0.3 is 5.63 Å². The van der Waals surface area contributed by atoms with Crippen molar-refractivity contribution in [1.82, 2.24) is 5.32 Å². The van der Waals surface area contributed by atoms with Crippen LogP contribution >= 0.6 is 0 Å². The highest BCUT2D eigenvalue weighted by Crippen LogP contribution is 2.22. The summed E-state index contributed by atoms with van der Waals surface area (Å²) in [6.45, 7) is 2.27. The van der Waals surface area contributed by atoms with Crippen molar-refractivity contribution >= 4 is 22.8 Å². The molecule has 0 spiro atoms. The zero-order valence-electron chi connectivity index (χ0n) is 14.7. The number of fused-ring (bicyclic) bond motifs is 1. The number of hydrogen-bond acceptors (Lipinski definition) is 6. The molecule has 0 aliphatic heterocycles. The number of unbranched alkanes of at least 4 members (excludes halogenated alkanes) is 2. The van der Waals surface area contributed by atoms with Crippen LogP contribution in [0.3, 0.4) is 0 Å². The fourth-order valence-corrected chi connectivity index (χ4v) is 2.59. The number of carbonyl (C=O) groups excluding carboxylic acids is 2. The zero-order valence-corrected chi connectivity index (χ0v) is 14.7. The first kappa shape index (κ1) is 19.5. The van der Waals surface area contributed by atoms with Gasteiger partial charge in [0.25, 0.3) is 5.91 Å². The molecule has 140 valence electrons. The lowest BCUT2D eigenvalue weighted by Gasteiger charge is -2.09. The molecule has 0 saturated heterocycles. The molecule has 7 nitrogen and oxygen atoms in total. The van der Waals surface area contributed by atoms with Gasteiger partial charge in [0.1, 0.15) is 11.3 Å². The number of carbonyl (C=O) groups is 2. The number of nitrogens with one attached hydrogen (secondary N) is 1. The highest BCUT2D eigenvalue weighted by Gasteiger charge is 2.07. The highest BCUT2D eigenvalue weighted by molar-refractivity contribution is 5.82. The predicted molar refractivity (Wildman–Crippen MR) is 93.8 cm³/mol. The Kier molecular flexibility index (Phi) is 7.20. The molecule has 0 saturated carbocycles. The van der Waals surface area contributed by atoms with Gasteiger partial charge in [0, 0.05) is 30.0 Å². The van der Waals surface area contributed by atoms with Gasteiger partial charge in [-0.05, 0) is 43.4 Å². The van der Waals surface area contributed by atoms with E-state index in [1.54, 1.807) is 12.1 Å². The van der Waals surface area contributed by atoms with E-state index in [1.807, 2.05) is 13.0 Å². The van der Waals surface area contributed by atoms with Gasteiger partial charge in [0.2, 0.25) is 0 Å². The average Bonchev–Trinajstić information content (AvgIpc) is 2.61. The summed E-state index contributed by atoms with van der Waals surface area (Å²) in [4.78, 5) is 33.6. The molecule has 1 amide bonds. The summed E-state index contributed by atoms with van der Waals surface area (Å²) in [7, 11) is 0. The second-order valence-electron chi connectivity index (χ2n) is 5.92. The van der Waals surface area contributed by atoms with Crippen LogP contribution in [0.4, 0.5) is 0 Å². The van der Waals surface area contributed by atoms with E-state index in [9.17, 15) is 19.5 Å². The van der Waals surface area contributed by atoms with Gasteiger partial charge in [-0.1, -0.05) is 13.3 Å². The number of aliphatic carboxylic acids is 1. The second kappa shape index (κ2) is 9.60. The molecule has 26 heavy (non-hydrogen) atoms. The van der Waals surface area contributed by atoms with Crippen molar-refractivity contribution in [3.05, 3.63) is 40.2 Å². The molecule has 0 fully saturated rings. The van der Waals surface area contributed by atoms with E-state index >= 15 is 0 Å². The van der Waals surface area contributed by atoms with Crippen molar-refractivity contribution in [2.24, 2.45) is 0 Å². The molecule has 0 aliphatic carbocycles. The van der Waals surface area contributed by atoms with Crippen LogP contribution in [-0.4, -0.2) is 25.0 Å². The van der Waals surface area contributed by atoms with E-state index < -0.39 is 11.6 Å². The second-order valence-corrected chi connectivity index (χ2v) is 5.92. The Balaban J connectivity index is 1.81. The number of amides is 1. The van der Waals surface area contributed by atoms with E-state index in [0.717, 1.165) is 10.9 Å². The predicted octanol–water partition coefficient (Wildman–Crippen LogP) is 1.16. The van der Waals surface area contributed by atoms with Crippen molar-refractivity contribution in [1.29, 1.82) is 0 Å². The third-order valence-corrected chi connectivity index (χ3v) is 3.93. The number of rotatable bonds is 10. The molecule has 0 aliphatic rings. The first-order valence-corrected chi connectivity index (χ1v) is 8.65. The maximum absolute atomic E-state index is 11.8. The van der Waals surface area contributed by atoms with Gasteiger partial charge in [-0.25, -0.2) is 4.79 Å². The van der Waals surface area contributed by atoms with Crippen molar-refractivity contribution in [3.8, 4) is 5.75 Å². The Morgan fingerprint density at radius 1 is 1.19 bits per heavy atom. The van der Waals surface area contributed by atoms with Crippen LogP contribution in [0.2, 0.25) is 0 Å². The summed E-state index contributed by atoms with van der Waals surface area (Å²) in [6.07, 6.45) is 2.69. The minimum absolute atomic E-state index is 0.0366. The van der Waals surface area contributed by atoms with Crippen LogP contribution in [0.25, 0.3) is 11.0 Å². The van der Waals surface area contributed by atoms with Crippen molar-refractivity contribution in [3.63, 3.8) is 0 Å². The molecule has 1 aromatic carbocycles. The van der Waals surface area contributed by atoms with Crippen molar-refractivity contribution < 1.29 is 23.8 Å². The summed E-state index contributed by atoms with van der Waals surface area (Å²) >= 11 is 0. The van der Waals surface area contributed by atoms with E-state index in [2.05, 4.69) is 5.32 Å². The van der Waals surface area contributed by atoms with Crippen LogP contribution in [0.1, 0.15) is 38.2 Å². The minimum Gasteiger partial charge on any atom is -0.550 e. The number of aryl methyl sites for hydroxylation is 1. The molecular weight excluding hydrogens is 338 g/mol. The fourth-order valence-electron chi connectivity index (χ4n) is 2.59. The van der Waals surface area contributed by atoms with Crippen LogP contribution in [0, 0.1) is 0 Å². The molecule has 0 bridgehead atoms. The van der Waals surface area contributed by atoms with Crippen LogP contribution in [0.15, 0.2) is 33.5 Å². The largest absolute Gasteiger partial charge is 0.550 e. The van der Waals surface area contributed by atoms with E-state index in [4.69, 9.17) is 9.15 Å². The Morgan fingerprint density at radius 3 is 2.73 bits per heavy atom. The quantitative estimate of drug-likeness (QED) is 0.503. The molecule has 2 rings (SSSR count). The summed E-state index contributed by atoms with van der Waals surface area (Å²) in [5, 5.41) is 13.8. The average molecular weight is 360 g/mol. The first-order chi connectivity index (χ1) is 12.5. The molecule has 1 heterocycles. The minimum atomic E-state index is -1.06. The van der Waals surface area contributed by atoms with Crippen LogP contribution in [0.5, 0.6) is 5.75 Å². The molecule has 2 aromatic rings. The Labute approximate surface area is 151 Å². The van der Waals surface area contributed by atoms with E-state index in [0.29, 0.717) is 43.6 Å². The Bertz CT molecular complexity index is 826. The molecule has 1 aromatic heterocycles. The third-order valence-electron chi connectivity index (χ3n) is 3.93. The van der Waals surface area contributed by atoms with Crippen molar-refractivity contribution in [2.75, 3.05) is 13.2 Å². The zero-order chi connectivity index (χ0) is 18.9. The SMILES string of the molecule is CCc1cc(=O)oc2cc(OCC(=O)NCCCCCC(=O)[O-])ccc12. The maximum Gasteiger partial charge on any atom is 0.336 e. The summed E-state index contributed by atoms with van der Waals surface area (Å²) in [5.41, 5.74) is 0.919.